The third-order valence-electron chi connectivity index (χ3n) is 5.11. The molecule has 0 spiro atoms. The molecule has 4 heteroatoms. The van der Waals surface area contributed by atoms with E-state index < -0.39 is 0 Å². The minimum atomic E-state index is -0.189. The average Bonchev–Trinajstić information content (AvgIpc) is 3.59. The first-order chi connectivity index (χ1) is 15.2. The van der Waals surface area contributed by atoms with Crippen LogP contribution in [0.1, 0.15) is 42.9 Å². The van der Waals surface area contributed by atoms with Crippen molar-refractivity contribution in [1.29, 1.82) is 0 Å². The zero-order valence-corrected chi connectivity index (χ0v) is 18.0. The topological polar surface area (TPSA) is 41.1 Å². The Balaban J connectivity index is 0.00000132. The van der Waals surface area contributed by atoms with Crippen molar-refractivity contribution in [2.24, 2.45) is 0 Å². The third-order valence-corrected chi connectivity index (χ3v) is 5.11. The number of rotatable bonds is 7. The number of para-hydroxylation sites is 1. The SMILES string of the molecule is CC.O=C(/C=C/c1ccc(CNC2CC2c2ccc(F)cc2)cc1)Nc1ccccc1. The maximum absolute atomic E-state index is 13.0. The lowest BCUT2D eigenvalue weighted by molar-refractivity contribution is -0.111. The summed E-state index contributed by atoms with van der Waals surface area (Å²) in [5.74, 6) is 0.133. The van der Waals surface area contributed by atoms with Gasteiger partial charge < -0.3 is 10.6 Å². The van der Waals surface area contributed by atoms with Crippen molar-refractivity contribution in [3.63, 3.8) is 0 Å². The number of nitrogens with one attached hydrogen (secondary N) is 2. The summed E-state index contributed by atoms with van der Waals surface area (Å²) in [4.78, 5) is 12.0. The molecule has 0 heterocycles. The average molecular weight is 417 g/mol. The Bertz CT molecular complexity index is 982. The zero-order valence-electron chi connectivity index (χ0n) is 18.0. The van der Waals surface area contributed by atoms with Gasteiger partial charge in [-0.25, -0.2) is 4.39 Å². The number of hydrogen-bond acceptors (Lipinski definition) is 2. The molecule has 1 aliphatic carbocycles. The standard InChI is InChI=1S/C25H23FN2O.C2H6/c26-21-13-11-20(12-14-21)23-16-24(23)27-17-19-8-6-18(7-9-19)10-15-25(29)28-22-4-2-1-3-5-22;1-2/h1-15,23-24,27H,16-17H2,(H,28,29);1-2H3/b15-10+;. The molecule has 1 fully saturated rings. The second-order valence-electron chi connectivity index (χ2n) is 7.31. The summed E-state index contributed by atoms with van der Waals surface area (Å²) in [6.45, 7) is 4.79. The Labute approximate surface area is 184 Å². The molecule has 2 atom stereocenters. The molecule has 0 saturated heterocycles. The van der Waals surface area contributed by atoms with E-state index in [-0.39, 0.29) is 11.7 Å². The van der Waals surface area contributed by atoms with Gasteiger partial charge in [0, 0.05) is 30.3 Å². The fourth-order valence-electron chi connectivity index (χ4n) is 3.37. The molecular formula is C27H29FN2O. The molecule has 1 amide bonds. The Morgan fingerprint density at radius 2 is 1.65 bits per heavy atom. The van der Waals surface area contributed by atoms with E-state index in [9.17, 15) is 9.18 Å². The van der Waals surface area contributed by atoms with Crippen molar-refractivity contribution >= 4 is 17.7 Å². The number of amides is 1. The second-order valence-corrected chi connectivity index (χ2v) is 7.31. The normalized spacial score (nSPS) is 17.0. The largest absolute Gasteiger partial charge is 0.323 e. The molecular weight excluding hydrogens is 387 g/mol. The molecule has 160 valence electrons. The van der Waals surface area contributed by atoms with Gasteiger partial charge in [0.05, 0.1) is 0 Å². The molecule has 0 aromatic heterocycles. The van der Waals surface area contributed by atoms with Gasteiger partial charge in [0.2, 0.25) is 5.91 Å². The predicted octanol–water partition coefficient (Wildman–Crippen LogP) is 6.15. The number of carbonyl (C=O) groups excluding carboxylic acids is 1. The van der Waals surface area contributed by atoms with Crippen molar-refractivity contribution in [3.8, 4) is 0 Å². The van der Waals surface area contributed by atoms with Gasteiger partial charge >= 0.3 is 0 Å². The summed E-state index contributed by atoms with van der Waals surface area (Å²) in [5.41, 5.74) is 4.15. The van der Waals surface area contributed by atoms with Gasteiger partial charge in [-0.3, -0.25) is 4.79 Å². The highest BCUT2D eigenvalue weighted by molar-refractivity contribution is 6.01. The lowest BCUT2D eigenvalue weighted by atomic mass is 10.1. The quantitative estimate of drug-likeness (QED) is 0.454. The summed E-state index contributed by atoms with van der Waals surface area (Å²) in [5, 5.41) is 6.38. The van der Waals surface area contributed by atoms with E-state index in [1.165, 1.54) is 29.3 Å². The van der Waals surface area contributed by atoms with E-state index in [4.69, 9.17) is 0 Å². The monoisotopic (exact) mass is 416 g/mol. The molecule has 0 radical (unpaired) electrons. The van der Waals surface area contributed by atoms with E-state index in [0.717, 1.165) is 24.2 Å². The Morgan fingerprint density at radius 1 is 0.968 bits per heavy atom. The maximum Gasteiger partial charge on any atom is 0.248 e. The molecule has 0 aliphatic heterocycles. The first-order valence-electron chi connectivity index (χ1n) is 10.8. The Kier molecular flexibility index (Phi) is 8.13. The Hall–Kier alpha value is -3.24. The van der Waals surface area contributed by atoms with Crippen molar-refractivity contribution in [3.05, 3.63) is 107 Å². The van der Waals surface area contributed by atoms with Crippen LogP contribution in [-0.4, -0.2) is 11.9 Å². The number of hydrogen-bond donors (Lipinski definition) is 2. The molecule has 31 heavy (non-hydrogen) atoms. The van der Waals surface area contributed by atoms with Crippen LogP contribution >= 0.6 is 0 Å². The van der Waals surface area contributed by atoms with Gasteiger partial charge in [-0.15, -0.1) is 0 Å². The smallest absolute Gasteiger partial charge is 0.248 e. The fraction of sp³-hybridized carbons (Fsp3) is 0.222. The van der Waals surface area contributed by atoms with Crippen LogP contribution in [0.4, 0.5) is 10.1 Å². The van der Waals surface area contributed by atoms with Gasteiger partial charge in [-0.1, -0.05) is 68.4 Å². The van der Waals surface area contributed by atoms with Crippen LogP contribution in [0.15, 0.2) is 84.9 Å². The van der Waals surface area contributed by atoms with Crippen LogP contribution < -0.4 is 10.6 Å². The van der Waals surface area contributed by atoms with Crippen LogP contribution in [0.3, 0.4) is 0 Å². The number of carbonyl (C=O) groups is 1. The molecule has 2 N–H and O–H groups in total. The van der Waals surface area contributed by atoms with Crippen LogP contribution in [-0.2, 0) is 11.3 Å². The summed E-state index contributed by atoms with van der Waals surface area (Å²) in [6.07, 6.45) is 4.43. The van der Waals surface area contributed by atoms with E-state index in [0.29, 0.717) is 12.0 Å². The fourth-order valence-corrected chi connectivity index (χ4v) is 3.37. The molecule has 3 aromatic rings. The van der Waals surface area contributed by atoms with Crippen molar-refractivity contribution in [2.75, 3.05) is 5.32 Å². The molecule has 2 unspecified atom stereocenters. The van der Waals surface area contributed by atoms with Gasteiger partial charge in [0.1, 0.15) is 5.82 Å². The molecule has 1 aliphatic rings. The zero-order chi connectivity index (χ0) is 22.1. The van der Waals surface area contributed by atoms with E-state index in [2.05, 4.69) is 22.8 Å². The summed E-state index contributed by atoms with van der Waals surface area (Å²) < 4.78 is 13.0. The van der Waals surface area contributed by atoms with Crippen molar-refractivity contribution in [2.45, 2.75) is 38.8 Å². The summed E-state index contributed by atoms with van der Waals surface area (Å²) >= 11 is 0. The highest BCUT2D eigenvalue weighted by Gasteiger charge is 2.37. The minimum Gasteiger partial charge on any atom is -0.323 e. The lowest BCUT2D eigenvalue weighted by Crippen LogP contribution is -2.17. The van der Waals surface area contributed by atoms with Crippen molar-refractivity contribution < 1.29 is 9.18 Å². The van der Waals surface area contributed by atoms with Gasteiger partial charge in [0.15, 0.2) is 0 Å². The second kappa shape index (κ2) is 11.2. The van der Waals surface area contributed by atoms with Crippen LogP contribution in [0.5, 0.6) is 0 Å². The molecule has 3 nitrogen and oxygen atoms in total. The van der Waals surface area contributed by atoms with E-state index in [1.54, 1.807) is 6.08 Å². The first-order valence-corrected chi connectivity index (χ1v) is 10.8. The lowest BCUT2D eigenvalue weighted by Gasteiger charge is -2.06. The van der Waals surface area contributed by atoms with Crippen molar-refractivity contribution in [1.82, 2.24) is 5.32 Å². The van der Waals surface area contributed by atoms with Crippen LogP contribution in [0.2, 0.25) is 0 Å². The highest BCUT2D eigenvalue weighted by atomic mass is 19.1. The number of benzene rings is 3. The minimum absolute atomic E-state index is 0.150. The van der Waals surface area contributed by atoms with E-state index >= 15 is 0 Å². The third kappa shape index (κ3) is 6.90. The molecule has 1 saturated carbocycles. The number of halogens is 1. The Morgan fingerprint density at radius 3 is 2.32 bits per heavy atom. The highest BCUT2D eigenvalue weighted by Crippen LogP contribution is 2.40. The first kappa shape index (κ1) is 22.4. The predicted molar refractivity (Wildman–Crippen MR) is 126 cm³/mol. The van der Waals surface area contributed by atoms with Gasteiger partial charge in [-0.05, 0) is 53.5 Å². The van der Waals surface area contributed by atoms with Gasteiger partial charge in [-0.2, -0.15) is 0 Å². The molecule has 4 rings (SSSR count). The number of anilines is 1. The summed E-state index contributed by atoms with van der Waals surface area (Å²) in [6, 6.07) is 24.8. The van der Waals surface area contributed by atoms with Gasteiger partial charge in [0.25, 0.3) is 0 Å². The maximum atomic E-state index is 13.0. The molecule has 0 bridgehead atoms. The van der Waals surface area contributed by atoms with Crippen LogP contribution in [0, 0.1) is 5.82 Å². The van der Waals surface area contributed by atoms with E-state index in [1.807, 2.05) is 68.4 Å². The van der Waals surface area contributed by atoms with Crippen LogP contribution in [0.25, 0.3) is 6.08 Å². The molecule has 3 aromatic carbocycles. The summed E-state index contributed by atoms with van der Waals surface area (Å²) in [7, 11) is 0.